The third kappa shape index (κ3) is 4.56. The lowest BCUT2D eigenvalue weighted by atomic mass is 9.87. The molecule has 0 spiro atoms. The predicted octanol–water partition coefficient (Wildman–Crippen LogP) is 6.75. The van der Waals surface area contributed by atoms with Gasteiger partial charge in [0.05, 0.1) is 23.5 Å². The summed E-state index contributed by atoms with van der Waals surface area (Å²) in [5, 5.41) is 3.42. The Morgan fingerprint density at radius 3 is 1.82 bits per heavy atom. The Hall–Kier alpha value is -3.40. The summed E-state index contributed by atoms with van der Waals surface area (Å²) in [7, 11) is 0. The summed E-state index contributed by atoms with van der Waals surface area (Å²) in [5.41, 5.74) is 6.36. The molecule has 4 heteroatoms. The molecule has 0 fully saturated rings. The summed E-state index contributed by atoms with van der Waals surface area (Å²) >= 11 is 0. The number of fused-ring (bicyclic) bond motifs is 1. The maximum atomic E-state index is 12.9. The summed E-state index contributed by atoms with van der Waals surface area (Å²) < 4.78 is 0. The van der Waals surface area contributed by atoms with Gasteiger partial charge in [-0.15, -0.1) is 0 Å². The number of hydrogen-bond acceptors (Lipinski definition) is 3. The van der Waals surface area contributed by atoms with E-state index in [9.17, 15) is 9.59 Å². The normalized spacial score (nSPS) is 13.9. The lowest BCUT2D eigenvalue weighted by Gasteiger charge is -2.23. The Kier molecular flexibility index (Phi) is 5.65. The topological polar surface area (TPSA) is 49.4 Å². The van der Waals surface area contributed by atoms with Crippen LogP contribution >= 0.6 is 0 Å². The van der Waals surface area contributed by atoms with E-state index in [1.165, 1.54) is 11.1 Å². The van der Waals surface area contributed by atoms with Crippen molar-refractivity contribution in [1.29, 1.82) is 0 Å². The Labute approximate surface area is 196 Å². The van der Waals surface area contributed by atoms with Gasteiger partial charge in [-0.1, -0.05) is 84.0 Å². The fourth-order valence-corrected chi connectivity index (χ4v) is 4.11. The van der Waals surface area contributed by atoms with Gasteiger partial charge in [0, 0.05) is 5.69 Å². The van der Waals surface area contributed by atoms with Gasteiger partial charge < -0.3 is 5.32 Å². The van der Waals surface area contributed by atoms with Crippen LogP contribution in [-0.2, 0) is 22.2 Å². The molecule has 1 heterocycles. The Morgan fingerprint density at radius 1 is 0.727 bits per heavy atom. The molecule has 0 atom stereocenters. The zero-order valence-corrected chi connectivity index (χ0v) is 20.3. The van der Waals surface area contributed by atoms with Crippen LogP contribution in [0.3, 0.4) is 0 Å². The van der Waals surface area contributed by atoms with Crippen molar-refractivity contribution in [2.45, 2.75) is 58.9 Å². The lowest BCUT2D eigenvalue weighted by molar-refractivity contribution is -0.114. The number of rotatable bonds is 4. The lowest BCUT2D eigenvalue weighted by Crippen LogP contribution is -2.29. The fourth-order valence-electron chi connectivity index (χ4n) is 4.11. The number of Topliss-reactive ketones (excluding diaryl/α,β-unsaturated/α-hetero) is 1. The maximum absolute atomic E-state index is 12.9. The Balaban J connectivity index is 1.64. The number of benzene rings is 3. The highest BCUT2D eigenvalue weighted by Crippen LogP contribution is 2.39. The summed E-state index contributed by atoms with van der Waals surface area (Å²) in [6.45, 7) is 13.4. The number of ketones is 1. The maximum Gasteiger partial charge on any atom is 0.299 e. The molecule has 0 aliphatic carbocycles. The summed E-state index contributed by atoms with van der Waals surface area (Å²) in [6.07, 6.45) is 0. The van der Waals surface area contributed by atoms with Crippen molar-refractivity contribution in [2.75, 3.05) is 10.2 Å². The largest absolute Gasteiger partial charge is 0.354 e. The summed E-state index contributed by atoms with van der Waals surface area (Å²) in [5.74, 6) is -0.940. The van der Waals surface area contributed by atoms with Gasteiger partial charge in [-0.05, 0) is 51.8 Å². The van der Waals surface area contributed by atoms with Gasteiger partial charge in [-0.25, -0.2) is 0 Å². The zero-order chi connectivity index (χ0) is 24.0. The quantitative estimate of drug-likeness (QED) is 0.456. The van der Waals surface area contributed by atoms with Crippen molar-refractivity contribution in [3.05, 3.63) is 89.0 Å². The van der Waals surface area contributed by atoms with Crippen LogP contribution in [-0.4, -0.2) is 11.7 Å². The highest BCUT2D eigenvalue weighted by Gasteiger charge is 2.37. The SMILES string of the molecule is CC(C)(C)c1ccc(CN2C(=O)C(=O)c3cccc(Nc4ccc(C(C)(C)C)cc4)c32)cc1. The number of hydrogen-bond donors (Lipinski definition) is 1. The van der Waals surface area contributed by atoms with Gasteiger partial charge >= 0.3 is 0 Å². The number of nitrogens with one attached hydrogen (secondary N) is 1. The highest BCUT2D eigenvalue weighted by atomic mass is 16.2. The number of anilines is 3. The average molecular weight is 441 g/mol. The summed E-state index contributed by atoms with van der Waals surface area (Å²) in [6, 6.07) is 22.0. The zero-order valence-electron chi connectivity index (χ0n) is 20.3. The van der Waals surface area contributed by atoms with Crippen LogP contribution in [0.1, 0.15) is 68.6 Å². The molecule has 0 saturated carbocycles. The number of carbonyl (C=O) groups excluding carboxylic acids is 2. The Bertz CT molecular complexity index is 1190. The van der Waals surface area contributed by atoms with Gasteiger partial charge in [-0.3, -0.25) is 14.5 Å². The van der Waals surface area contributed by atoms with Crippen molar-refractivity contribution in [3.8, 4) is 0 Å². The van der Waals surface area contributed by atoms with Crippen LogP contribution < -0.4 is 10.2 Å². The third-order valence-electron chi connectivity index (χ3n) is 6.18. The molecule has 1 N–H and O–H groups in total. The van der Waals surface area contributed by atoms with E-state index >= 15 is 0 Å². The van der Waals surface area contributed by atoms with E-state index < -0.39 is 11.7 Å². The van der Waals surface area contributed by atoms with E-state index in [1.54, 1.807) is 11.0 Å². The highest BCUT2D eigenvalue weighted by molar-refractivity contribution is 6.52. The minimum Gasteiger partial charge on any atom is -0.354 e. The molecule has 33 heavy (non-hydrogen) atoms. The van der Waals surface area contributed by atoms with Crippen molar-refractivity contribution >= 4 is 28.8 Å². The molecule has 3 aromatic carbocycles. The van der Waals surface area contributed by atoms with Crippen molar-refractivity contribution < 1.29 is 9.59 Å². The molecule has 4 rings (SSSR count). The fraction of sp³-hybridized carbons (Fsp3) is 0.310. The van der Waals surface area contributed by atoms with E-state index in [-0.39, 0.29) is 10.8 Å². The van der Waals surface area contributed by atoms with E-state index in [0.29, 0.717) is 17.8 Å². The first kappa shape index (κ1) is 22.8. The molecular weight excluding hydrogens is 408 g/mol. The second-order valence-electron chi connectivity index (χ2n) is 10.8. The number of amides is 1. The smallest absolute Gasteiger partial charge is 0.299 e. The molecule has 1 aliphatic rings. The minimum absolute atomic E-state index is 0.0597. The number of nitrogens with zero attached hydrogens (tertiary/aromatic N) is 1. The molecule has 0 unspecified atom stereocenters. The molecule has 4 nitrogen and oxygen atoms in total. The van der Waals surface area contributed by atoms with Crippen molar-refractivity contribution in [2.24, 2.45) is 0 Å². The number of para-hydroxylation sites is 1. The second-order valence-corrected chi connectivity index (χ2v) is 10.8. The number of carbonyl (C=O) groups is 2. The van der Waals surface area contributed by atoms with Gasteiger partial charge in [0.25, 0.3) is 11.7 Å². The van der Waals surface area contributed by atoms with E-state index in [1.807, 2.05) is 36.4 Å². The Morgan fingerprint density at radius 2 is 1.27 bits per heavy atom. The molecule has 0 radical (unpaired) electrons. The average Bonchev–Trinajstić information content (AvgIpc) is 2.99. The molecule has 1 amide bonds. The first-order valence-corrected chi connectivity index (χ1v) is 11.4. The molecule has 0 aromatic heterocycles. The molecule has 0 bridgehead atoms. The molecule has 3 aromatic rings. The van der Waals surface area contributed by atoms with Crippen LogP contribution in [0.15, 0.2) is 66.7 Å². The first-order valence-electron chi connectivity index (χ1n) is 11.4. The van der Waals surface area contributed by atoms with Crippen LogP contribution in [0.4, 0.5) is 17.1 Å². The second kappa shape index (κ2) is 8.18. The van der Waals surface area contributed by atoms with Crippen LogP contribution in [0, 0.1) is 0 Å². The van der Waals surface area contributed by atoms with Gasteiger partial charge in [0.2, 0.25) is 0 Å². The minimum atomic E-state index is -0.484. The predicted molar refractivity (Wildman–Crippen MR) is 136 cm³/mol. The van der Waals surface area contributed by atoms with E-state index in [2.05, 4.69) is 71.1 Å². The van der Waals surface area contributed by atoms with Gasteiger partial charge in [-0.2, -0.15) is 0 Å². The van der Waals surface area contributed by atoms with Crippen molar-refractivity contribution in [1.82, 2.24) is 0 Å². The van der Waals surface area contributed by atoms with E-state index in [4.69, 9.17) is 0 Å². The van der Waals surface area contributed by atoms with E-state index in [0.717, 1.165) is 16.9 Å². The van der Waals surface area contributed by atoms with Gasteiger partial charge in [0.1, 0.15) is 0 Å². The van der Waals surface area contributed by atoms with Crippen molar-refractivity contribution in [3.63, 3.8) is 0 Å². The first-order chi connectivity index (χ1) is 15.4. The van der Waals surface area contributed by atoms with Gasteiger partial charge in [0.15, 0.2) is 0 Å². The molecular formula is C29H32N2O2. The van der Waals surface area contributed by atoms with Crippen LogP contribution in [0.5, 0.6) is 0 Å². The van der Waals surface area contributed by atoms with Crippen LogP contribution in [0.2, 0.25) is 0 Å². The standard InChI is InChI=1S/C29H32N2O2/c1-28(2,3)20-12-10-19(11-13-20)18-31-25-23(26(32)27(31)33)8-7-9-24(25)30-22-16-14-21(15-17-22)29(4,5)6/h7-17,30H,18H2,1-6H3. The summed E-state index contributed by atoms with van der Waals surface area (Å²) in [4.78, 5) is 27.2. The van der Waals surface area contributed by atoms with Crippen LogP contribution in [0.25, 0.3) is 0 Å². The monoisotopic (exact) mass is 440 g/mol. The molecule has 170 valence electrons. The molecule has 0 saturated heterocycles. The molecule has 1 aliphatic heterocycles. The third-order valence-corrected chi connectivity index (χ3v) is 6.18.